The van der Waals surface area contributed by atoms with E-state index in [4.69, 9.17) is 14.6 Å². The van der Waals surface area contributed by atoms with Crippen molar-refractivity contribution in [2.24, 2.45) is 23.7 Å². The molecule has 4 atom stereocenters. The van der Waals surface area contributed by atoms with Crippen LogP contribution >= 0.6 is 0 Å². The Labute approximate surface area is 120 Å². The third kappa shape index (κ3) is 5.12. The molecular formula is C15H26O5. The molecule has 0 heterocycles. The average Bonchev–Trinajstić information content (AvgIpc) is 3.32. The van der Waals surface area contributed by atoms with Crippen LogP contribution in [-0.2, 0) is 19.1 Å². The Balaban J connectivity index is 0.000000200. The van der Waals surface area contributed by atoms with Gasteiger partial charge in [-0.2, -0.15) is 0 Å². The zero-order chi connectivity index (χ0) is 15.1. The van der Waals surface area contributed by atoms with E-state index in [1.165, 1.54) is 0 Å². The molecule has 116 valence electrons. The summed E-state index contributed by atoms with van der Waals surface area (Å²) in [6.45, 7) is 6.82. The number of rotatable bonds is 6. The second kappa shape index (κ2) is 8.25. The van der Waals surface area contributed by atoms with Crippen LogP contribution in [0.5, 0.6) is 0 Å². The quantitative estimate of drug-likeness (QED) is 0.753. The van der Waals surface area contributed by atoms with Crippen LogP contribution in [0.1, 0.15) is 40.0 Å². The summed E-state index contributed by atoms with van der Waals surface area (Å²) in [4.78, 5) is 21.8. The van der Waals surface area contributed by atoms with Gasteiger partial charge in [-0.25, -0.2) is 0 Å². The van der Waals surface area contributed by atoms with Gasteiger partial charge >= 0.3 is 11.9 Å². The molecule has 5 nitrogen and oxygen atoms in total. The lowest BCUT2D eigenvalue weighted by Gasteiger charge is -1.97. The summed E-state index contributed by atoms with van der Waals surface area (Å²) in [5.41, 5.74) is 0. The molecule has 20 heavy (non-hydrogen) atoms. The fourth-order valence-corrected chi connectivity index (χ4v) is 2.22. The zero-order valence-electron chi connectivity index (χ0n) is 12.6. The molecule has 0 bridgehead atoms. The Hall–Kier alpha value is -1.10. The SMILES string of the molecule is CCOC(=O)[C@@H]1C[C@H]1CC.CCOC(=O)[C@@H]1C[C@H]1CO. The smallest absolute Gasteiger partial charge is 0.309 e. The molecule has 1 N–H and O–H groups in total. The molecule has 0 amide bonds. The van der Waals surface area contributed by atoms with Crippen molar-refractivity contribution in [1.29, 1.82) is 0 Å². The first kappa shape index (κ1) is 17.0. The topological polar surface area (TPSA) is 72.8 Å². The van der Waals surface area contributed by atoms with E-state index in [-0.39, 0.29) is 36.3 Å². The van der Waals surface area contributed by atoms with Crippen molar-refractivity contribution in [3.63, 3.8) is 0 Å². The van der Waals surface area contributed by atoms with Crippen LogP contribution in [0.4, 0.5) is 0 Å². The van der Waals surface area contributed by atoms with Crippen LogP contribution in [0.2, 0.25) is 0 Å². The molecule has 0 aromatic carbocycles. The Morgan fingerprint density at radius 3 is 1.70 bits per heavy atom. The second-order valence-corrected chi connectivity index (χ2v) is 5.30. The lowest BCUT2D eigenvalue weighted by Crippen LogP contribution is -2.08. The van der Waals surface area contributed by atoms with E-state index in [9.17, 15) is 9.59 Å². The van der Waals surface area contributed by atoms with Crippen molar-refractivity contribution in [2.75, 3.05) is 19.8 Å². The van der Waals surface area contributed by atoms with Gasteiger partial charge in [0.1, 0.15) is 0 Å². The maximum atomic E-state index is 11.0. The first-order valence-corrected chi connectivity index (χ1v) is 7.52. The van der Waals surface area contributed by atoms with Crippen LogP contribution in [0, 0.1) is 23.7 Å². The predicted molar refractivity (Wildman–Crippen MR) is 73.8 cm³/mol. The molecule has 0 spiro atoms. The minimum atomic E-state index is -0.151. The van der Waals surface area contributed by atoms with Crippen molar-refractivity contribution < 1.29 is 24.2 Å². The van der Waals surface area contributed by atoms with Gasteiger partial charge in [-0.1, -0.05) is 13.3 Å². The van der Waals surface area contributed by atoms with Crippen LogP contribution in [0.25, 0.3) is 0 Å². The Kier molecular flexibility index (Phi) is 6.99. The van der Waals surface area contributed by atoms with Crippen molar-refractivity contribution in [1.82, 2.24) is 0 Å². The summed E-state index contributed by atoms with van der Waals surface area (Å²) in [6.07, 6.45) is 2.97. The van der Waals surface area contributed by atoms with E-state index < -0.39 is 0 Å². The van der Waals surface area contributed by atoms with Crippen LogP contribution in [-0.4, -0.2) is 36.9 Å². The molecule has 2 fully saturated rings. The van der Waals surface area contributed by atoms with Gasteiger partial charge in [0.25, 0.3) is 0 Å². The Morgan fingerprint density at radius 2 is 1.40 bits per heavy atom. The third-order valence-electron chi connectivity index (χ3n) is 3.78. The van der Waals surface area contributed by atoms with Crippen molar-refractivity contribution in [3.8, 4) is 0 Å². The van der Waals surface area contributed by atoms with E-state index in [1.807, 2.05) is 6.92 Å². The second-order valence-electron chi connectivity index (χ2n) is 5.30. The highest BCUT2D eigenvalue weighted by Crippen LogP contribution is 2.41. The molecule has 0 radical (unpaired) electrons. The van der Waals surface area contributed by atoms with Crippen molar-refractivity contribution >= 4 is 11.9 Å². The van der Waals surface area contributed by atoms with E-state index in [0.717, 1.165) is 19.3 Å². The third-order valence-corrected chi connectivity index (χ3v) is 3.78. The summed E-state index contributed by atoms with van der Waals surface area (Å²) in [5, 5.41) is 8.59. The van der Waals surface area contributed by atoms with Gasteiger partial charge in [0.2, 0.25) is 0 Å². The minimum absolute atomic E-state index is 0.00866. The molecule has 0 aliphatic heterocycles. The lowest BCUT2D eigenvalue weighted by atomic mass is 10.2. The zero-order valence-corrected chi connectivity index (χ0v) is 12.6. The number of hydrogen-bond donors (Lipinski definition) is 1. The molecular weight excluding hydrogens is 260 g/mol. The van der Waals surface area contributed by atoms with E-state index in [2.05, 4.69) is 6.92 Å². The fraction of sp³-hybridized carbons (Fsp3) is 0.867. The van der Waals surface area contributed by atoms with Crippen LogP contribution in [0.15, 0.2) is 0 Å². The Morgan fingerprint density at radius 1 is 0.950 bits per heavy atom. The summed E-state index contributed by atoms with van der Waals surface area (Å²) >= 11 is 0. The Bertz CT molecular complexity index is 296. The van der Waals surface area contributed by atoms with Crippen LogP contribution < -0.4 is 0 Å². The molecule has 0 aromatic heterocycles. The van der Waals surface area contributed by atoms with Crippen LogP contribution in [0.3, 0.4) is 0 Å². The molecule has 2 rings (SSSR count). The monoisotopic (exact) mass is 286 g/mol. The van der Waals surface area contributed by atoms with Gasteiger partial charge in [0.05, 0.1) is 25.0 Å². The fourth-order valence-electron chi connectivity index (χ4n) is 2.22. The van der Waals surface area contributed by atoms with Crippen molar-refractivity contribution in [3.05, 3.63) is 0 Å². The van der Waals surface area contributed by atoms with Gasteiger partial charge in [-0.05, 0) is 38.5 Å². The normalized spacial score (nSPS) is 29.8. The van der Waals surface area contributed by atoms with Gasteiger partial charge in [-0.3, -0.25) is 9.59 Å². The summed E-state index contributed by atoms with van der Waals surface area (Å²) < 4.78 is 9.61. The largest absolute Gasteiger partial charge is 0.466 e. The van der Waals surface area contributed by atoms with E-state index >= 15 is 0 Å². The van der Waals surface area contributed by atoms with Gasteiger partial charge in [-0.15, -0.1) is 0 Å². The lowest BCUT2D eigenvalue weighted by molar-refractivity contribution is -0.146. The summed E-state index contributed by atoms with van der Waals surface area (Å²) in [6, 6.07) is 0. The molecule has 0 unspecified atom stereocenters. The van der Waals surface area contributed by atoms with Gasteiger partial charge in [0, 0.05) is 6.61 Å². The summed E-state index contributed by atoms with van der Waals surface area (Å²) in [7, 11) is 0. The molecule has 0 saturated heterocycles. The van der Waals surface area contributed by atoms with E-state index in [0.29, 0.717) is 19.1 Å². The number of esters is 2. The first-order chi connectivity index (χ1) is 9.58. The molecule has 5 heteroatoms. The number of ether oxygens (including phenoxy) is 2. The number of carbonyl (C=O) groups excluding carboxylic acids is 2. The number of hydrogen-bond acceptors (Lipinski definition) is 5. The highest BCUT2D eigenvalue weighted by atomic mass is 16.5. The molecule has 2 aliphatic rings. The summed E-state index contributed by atoms with van der Waals surface area (Å²) in [5.74, 6) is 0.892. The van der Waals surface area contributed by atoms with E-state index in [1.54, 1.807) is 6.92 Å². The molecule has 2 aliphatic carbocycles. The van der Waals surface area contributed by atoms with Gasteiger partial charge < -0.3 is 14.6 Å². The number of aliphatic hydroxyl groups is 1. The first-order valence-electron chi connectivity index (χ1n) is 7.52. The maximum absolute atomic E-state index is 11.0. The van der Waals surface area contributed by atoms with Gasteiger partial charge in [0.15, 0.2) is 0 Å². The predicted octanol–water partition coefficient (Wildman–Crippen LogP) is 1.77. The highest BCUT2D eigenvalue weighted by molar-refractivity contribution is 5.76. The minimum Gasteiger partial charge on any atom is -0.466 e. The molecule has 0 aromatic rings. The standard InChI is InChI=1S/C8H14O2.C7H12O3/c1-3-6-5-7(6)8(9)10-4-2;1-2-10-7(9)6-3-5(6)4-8/h6-7H,3-5H2,1-2H3;5-6,8H,2-4H2,1H3/t6-,7-;5-,6+/m10/s1. The molecule has 2 saturated carbocycles. The number of aliphatic hydroxyl groups excluding tert-OH is 1. The maximum Gasteiger partial charge on any atom is 0.309 e. The van der Waals surface area contributed by atoms with Crippen molar-refractivity contribution in [2.45, 2.75) is 40.0 Å². The average molecular weight is 286 g/mol. The highest BCUT2D eigenvalue weighted by Gasteiger charge is 2.43. The number of carbonyl (C=O) groups is 2.